The van der Waals surface area contributed by atoms with E-state index in [9.17, 15) is 14.3 Å². The average Bonchev–Trinajstić information content (AvgIpc) is 2.80. The van der Waals surface area contributed by atoms with Gasteiger partial charge in [0.25, 0.3) is 0 Å². The van der Waals surface area contributed by atoms with Gasteiger partial charge in [-0.05, 0) is 61.6 Å². The number of phenols is 1. The lowest BCUT2D eigenvalue weighted by Crippen LogP contribution is -2.71. The topological polar surface area (TPSA) is 71.9 Å². The molecular formula is C27H29ClFN5O2. The number of phenolic OH excluding ortho intramolecular Hbond substituents is 1. The molecule has 2 aromatic carbocycles. The molecule has 5 rings (SSSR count). The lowest BCUT2D eigenvalue weighted by molar-refractivity contribution is -0.107. The Hall–Kier alpha value is -3.20. The fraction of sp³-hybridized carbons (Fsp3) is 0.333. The summed E-state index contributed by atoms with van der Waals surface area (Å²) in [6.45, 7) is 5.08. The zero-order valence-corrected chi connectivity index (χ0v) is 21.1. The Kier molecular flexibility index (Phi) is 6.59. The third kappa shape index (κ3) is 4.64. The second-order valence-corrected chi connectivity index (χ2v) is 10.4. The molecule has 2 fully saturated rings. The van der Waals surface area contributed by atoms with Gasteiger partial charge >= 0.3 is 0 Å². The van der Waals surface area contributed by atoms with E-state index in [-0.39, 0.29) is 5.75 Å². The predicted octanol–water partition coefficient (Wildman–Crippen LogP) is 3.85. The molecule has 3 aromatic rings. The van der Waals surface area contributed by atoms with Crippen molar-refractivity contribution in [1.29, 1.82) is 0 Å². The molecule has 9 heteroatoms. The Bertz CT molecular complexity index is 1290. The van der Waals surface area contributed by atoms with Gasteiger partial charge in [-0.25, -0.2) is 9.37 Å². The molecule has 0 unspecified atom stereocenters. The normalized spacial score (nSPS) is 16.1. The molecule has 2 aliphatic heterocycles. The van der Waals surface area contributed by atoms with Gasteiger partial charge in [-0.1, -0.05) is 17.7 Å². The molecule has 188 valence electrons. The standard InChI is InChI=1S/C27H29ClFN5O2/c1-32(2)7-8-33(17-35)24-4-3-18(9-23(24)28)21-11-20(29)12-22(26(21)36)19-5-6-31-25(10-19)34-15-27(16-34)13-30-14-27/h3-6,9-12,17,30,36H,7-8,13-16H2,1-2H3. The van der Waals surface area contributed by atoms with Crippen molar-refractivity contribution in [2.75, 3.05) is 63.2 Å². The summed E-state index contributed by atoms with van der Waals surface area (Å²) in [7, 11) is 3.85. The number of benzene rings is 2. The van der Waals surface area contributed by atoms with Crippen molar-refractivity contribution in [3.05, 3.63) is 59.5 Å². The number of nitrogens with one attached hydrogen (secondary N) is 1. The summed E-state index contributed by atoms with van der Waals surface area (Å²) in [5.74, 6) is 0.301. The molecule has 36 heavy (non-hydrogen) atoms. The first-order valence-electron chi connectivity index (χ1n) is 11.9. The molecule has 1 spiro atoms. The number of hydrogen-bond donors (Lipinski definition) is 2. The maximum atomic E-state index is 14.8. The molecule has 3 heterocycles. The van der Waals surface area contributed by atoms with Gasteiger partial charge in [0.15, 0.2) is 0 Å². The van der Waals surface area contributed by atoms with Gasteiger partial charge in [-0.3, -0.25) is 4.79 Å². The van der Waals surface area contributed by atoms with Crippen LogP contribution in [0.4, 0.5) is 15.9 Å². The minimum atomic E-state index is -0.472. The summed E-state index contributed by atoms with van der Waals surface area (Å²) in [5.41, 5.74) is 2.85. The highest BCUT2D eigenvalue weighted by atomic mass is 35.5. The van der Waals surface area contributed by atoms with Gasteiger partial charge in [-0.15, -0.1) is 0 Å². The van der Waals surface area contributed by atoms with Crippen LogP contribution in [0.3, 0.4) is 0 Å². The number of pyridine rings is 1. The van der Waals surface area contributed by atoms with E-state index in [2.05, 4.69) is 15.2 Å². The molecule has 1 aromatic heterocycles. The maximum absolute atomic E-state index is 14.8. The van der Waals surface area contributed by atoms with Crippen molar-refractivity contribution in [3.63, 3.8) is 0 Å². The van der Waals surface area contributed by atoms with Crippen molar-refractivity contribution in [2.24, 2.45) is 5.41 Å². The zero-order chi connectivity index (χ0) is 25.4. The van der Waals surface area contributed by atoms with Crippen LogP contribution in [0.1, 0.15) is 0 Å². The number of halogens is 2. The van der Waals surface area contributed by atoms with Crippen LogP contribution in [0.5, 0.6) is 5.75 Å². The molecule has 0 saturated carbocycles. The molecule has 7 nitrogen and oxygen atoms in total. The number of hydrogen-bond acceptors (Lipinski definition) is 6. The van der Waals surface area contributed by atoms with Crippen LogP contribution in [0.2, 0.25) is 5.02 Å². The second-order valence-electron chi connectivity index (χ2n) is 9.98. The highest BCUT2D eigenvalue weighted by Gasteiger charge is 2.47. The first kappa shape index (κ1) is 24.5. The minimum absolute atomic E-state index is 0.0412. The second kappa shape index (κ2) is 9.69. The van der Waals surface area contributed by atoms with E-state index in [1.807, 2.05) is 25.1 Å². The monoisotopic (exact) mass is 509 g/mol. The van der Waals surface area contributed by atoms with E-state index in [4.69, 9.17) is 11.6 Å². The Morgan fingerprint density at radius 2 is 1.81 bits per heavy atom. The molecule has 2 saturated heterocycles. The summed E-state index contributed by atoms with van der Waals surface area (Å²) in [4.78, 5) is 21.8. The summed E-state index contributed by atoms with van der Waals surface area (Å²) in [6.07, 6.45) is 2.43. The van der Waals surface area contributed by atoms with Gasteiger partial charge in [0.2, 0.25) is 6.41 Å². The van der Waals surface area contributed by atoms with E-state index in [1.54, 1.807) is 30.5 Å². The van der Waals surface area contributed by atoms with E-state index in [0.717, 1.165) is 38.4 Å². The Morgan fingerprint density at radius 1 is 1.11 bits per heavy atom. The molecule has 2 aliphatic rings. The molecule has 0 radical (unpaired) electrons. The van der Waals surface area contributed by atoms with Gasteiger partial charge in [0, 0.05) is 62.0 Å². The maximum Gasteiger partial charge on any atom is 0.214 e. The number of anilines is 2. The van der Waals surface area contributed by atoms with E-state index >= 15 is 0 Å². The molecule has 2 N–H and O–H groups in total. The van der Waals surface area contributed by atoms with E-state index in [1.165, 1.54) is 17.0 Å². The first-order valence-corrected chi connectivity index (χ1v) is 12.3. The summed E-state index contributed by atoms with van der Waals surface area (Å²) < 4.78 is 14.8. The largest absolute Gasteiger partial charge is 0.507 e. The van der Waals surface area contributed by atoms with Crippen molar-refractivity contribution < 1.29 is 14.3 Å². The number of aromatic nitrogens is 1. The minimum Gasteiger partial charge on any atom is -0.507 e. The summed E-state index contributed by atoms with van der Waals surface area (Å²) in [5, 5.41) is 14.9. The van der Waals surface area contributed by atoms with Crippen LogP contribution >= 0.6 is 11.6 Å². The van der Waals surface area contributed by atoms with E-state index < -0.39 is 5.82 Å². The summed E-state index contributed by atoms with van der Waals surface area (Å²) >= 11 is 6.53. The van der Waals surface area contributed by atoms with Crippen LogP contribution in [-0.4, -0.2) is 74.8 Å². The average molecular weight is 510 g/mol. The van der Waals surface area contributed by atoms with Crippen LogP contribution in [0, 0.1) is 11.2 Å². The number of carbonyl (C=O) groups is 1. The van der Waals surface area contributed by atoms with Gasteiger partial charge in [0.1, 0.15) is 17.4 Å². The lowest BCUT2D eigenvalue weighted by atomic mass is 9.74. The van der Waals surface area contributed by atoms with Gasteiger partial charge < -0.3 is 25.1 Å². The van der Waals surface area contributed by atoms with Crippen molar-refractivity contribution in [1.82, 2.24) is 15.2 Å². The van der Waals surface area contributed by atoms with Crippen LogP contribution in [-0.2, 0) is 4.79 Å². The fourth-order valence-corrected chi connectivity index (χ4v) is 5.16. The molecular weight excluding hydrogens is 481 g/mol. The smallest absolute Gasteiger partial charge is 0.214 e. The predicted molar refractivity (Wildman–Crippen MR) is 141 cm³/mol. The number of aromatic hydroxyl groups is 1. The first-order chi connectivity index (χ1) is 17.3. The molecule has 0 bridgehead atoms. The van der Waals surface area contributed by atoms with Gasteiger partial charge in [-0.2, -0.15) is 0 Å². The fourth-order valence-electron chi connectivity index (χ4n) is 4.87. The third-order valence-corrected chi connectivity index (χ3v) is 7.29. The SMILES string of the molecule is CN(C)CCN(C=O)c1ccc(-c2cc(F)cc(-c3ccnc(N4CC5(CNC5)C4)c3)c2O)cc1Cl. The summed E-state index contributed by atoms with van der Waals surface area (Å²) in [6, 6.07) is 11.4. The Labute approximate surface area is 215 Å². The van der Waals surface area contributed by atoms with Crippen molar-refractivity contribution in [3.8, 4) is 28.0 Å². The number of nitrogens with zero attached hydrogens (tertiary/aromatic N) is 4. The van der Waals surface area contributed by atoms with Crippen LogP contribution in [0.25, 0.3) is 22.3 Å². The third-order valence-electron chi connectivity index (χ3n) is 6.99. The van der Waals surface area contributed by atoms with Crippen molar-refractivity contribution in [2.45, 2.75) is 0 Å². The van der Waals surface area contributed by atoms with Crippen molar-refractivity contribution >= 4 is 29.5 Å². The van der Waals surface area contributed by atoms with Gasteiger partial charge in [0.05, 0.1) is 10.7 Å². The number of likely N-dealkylation sites (N-methyl/N-ethyl adjacent to an activating group) is 1. The van der Waals surface area contributed by atoms with Crippen LogP contribution < -0.4 is 15.1 Å². The Balaban J connectivity index is 1.44. The lowest BCUT2D eigenvalue weighted by Gasteiger charge is -2.56. The Morgan fingerprint density at radius 3 is 2.39 bits per heavy atom. The quantitative estimate of drug-likeness (QED) is 0.449. The number of carbonyl (C=O) groups excluding carboxylic acids is 1. The molecule has 0 atom stereocenters. The highest BCUT2D eigenvalue weighted by Crippen LogP contribution is 2.42. The number of rotatable bonds is 8. The molecule has 0 aliphatic carbocycles. The number of amides is 1. The van der Waals surface area contributed by atoms with Crippen LogP contribution in [0.15, 0.2) is 48.7 Å². The zero-order valence-electron chi connectivity index (χ0n) is 20.3. The molecule has 1 amide bonds. The van der Waals surface area contributed by atoms with E-state index in [0.29, 0.717) is 51.5 Å². The highest BCUT2D eigenvalue weighted by molar-refractivity contribution is 6.34.